The van der Waals surface area contributed by atoms with E-state index in [9.17, 15) is 0 Å². The van der Waals surface area contributed by atoms with Crippen LogP contribution in [0.5, 0.6) is 0 Å². The predicted octanol–water partition coefficient (Wildman–Crippen LogP) is 12.4. The summed E-state index contributed by atoms with van der Waals surface area (Å²) in [6.45, 7) is 0. The molecule has 0 fully saturated rings. The van der Waals surface area contributed by atoms with E-state index in [0.29, 0.717) is 0 Å². The number of rotatable bonds is 4. The average molecular weight is 684 g/mol. The molecule has 1 aliphatic heterocycles. The summed E-state index contributed by atoms with van der Waals surface area (Å²) < 4.78 is 9.17. The van der Waals surface area contributed by atoms with Crippen molar-refractivity contribution in [2.75, 3.05) is 0 Å². The number of furan rings is 1. The summed E-state index contributed by atoms with van der Waals surface area (Å²) in [6.07, 6.45) is -0.529. The first-order chi connectivity index (χ1) is 25.7. The van der Waals surface area contributed by atoms with Crippen LogP contribution in [0.25, 0.3) is 74.8 Å². The summed E-state index contributed by atoms with van der Waals surface area (Å²) in [7, 11) is 0. The lowest BCUT2D eigenvalue weighted by atomic mass is 9.96. The minimum atomic E-state index is -0.529. The molecule has 0 unspecified atom stereocenters. The summed E-state index contributed by atoms with van der Waals surface area (Å²) in [4.78, 5) is 10.8. The minimum Gasteiger partial charge on any atom is -0.456 e. The molecule has 0 bridgehead atoms. The van der Waals surface area contributed by atoms with Crippen LogP contribution >= 0.6 is 11.3 Å². The van der Waals surface area contributed by atoms with E-state index in [1.54, 1.807) is 0 Å². The lowest BCUT2D eigenvalue weighted by Crippen LogP contribution is -2.36. The van der Waals surface area contributed by atoms with Gasteiger partial charge in [0.05, 0.1) is 0 Å². The van der Waals surface area contributed by atoms with Crippen LogP contribution in [-0.4, -0.2) is 11.7 Å². The van der Waals surface area contributed by atoms with Gasteiger partial charge < -0.3 is 9.73 Å². The van der Waals surface area contributed by atoms with Gasteiger partial charge in [-0.25, -0.2) is 9.98 Å². The smallest absolute Gasteiger partial charge is 0.170 e. The van der Waals surface area contributed by atoms with Gasteiger partial charge in [0.25, 0.3) is 0 Å². The van der Waals surface area contributed by atoms with Crippen LogP contribution in [0.4, 0.5) is 0 Å². The van der Waals surface area contributed by atoms with Crippen LogP contribution in [0, 0.1) is 0 Å². The Morgan fingerprint density at radius 1 is 0.442 bits per heavy atom. The largest absolute Gasteiger partial charge is 0.456 e. The fourth-order valence-electron chi connectivity index (χ4n) is 7.72. The molecule has 0 aliphatic carbocycles. The summed E-state index contributed by atoms with van der Waals surface area (Å²) >= 11 is 1.83. The molecule has 0 atom stereocenters. The first kappa shape index (κ1) is 29.2. The molecule has 52 heavy (non-hydrogen) atoms. The molecule has 244 valence electrons. The zero-order valence-corrected chi connectivity index (χ0v) is 28.7. The maximum absolute atomic E-state index is 6.60. The number of para-hydroxylation sites is 1. The number of fused-ring (bicyclic) bond motifs is 8. The molecule has 11 rings (SSSR count). The number of hydrogen-bond acceptors (Lipinski definition) is 5. The number of aliphatic imine (C=N–C) groups is 2. The second-order valence-electron chi connectivity index (χ2n) is 13.4. The summed E-state index contributed by atoms with van der Waals surface area (Å²) in [5.41, 5.74) is 6.90. The van der Waals surface area contributed by atoms with E-state index in [1.807, 2.05) is 23.5 Å². The van der Waals surface area contributed by atoms with Crippen LogP contribution in [0.2, 0.25) is 0 Å². The van der Waals surface area contributed by atoms with Gasteiger partial charge in [-0.05, 0) is 81.2 Å². The lowest BCUT2D eigenvalue weighted by molar-refractivity contribution is 0.668. The quantitative estimate of drug-likeness (QED) is 0.201. The van der Waals surface area contributed by atoms with Crippen molar-refractivity contribution in [2.24, 2.45) is 9.98 Å². The fourth-order valence-corrected chi connectivity index (χ4v) is 8.80. The number of benzene rings is 8. The van der Waals surface area contributed by atoms with Gasteiger partial charge >= 0.3 is 0 Å². The van der Waals surface area contributed by atoms with E-state index in [0.717, 1.165) is 72.2 Å². The molecule has 0 amide bonds. The van der Waals surface area contributed by atoms with Gasteiger partial charge in [-0.3, -0.25) is 0 Å². The Morgan fingerprint density at radius 3 is 1.77 bits per heavy atom. The van der Waals surface area contributed by atoms with E-state index in [-0.39, 0.29) is 0 Å². The molecule has 0 saturated carbocycles. The number of thiophene rings is 1. The van der Waals surface area contributed by atoms with E-state index in [1.165, 1.54) is 30.9 Å². The Bertz CT molecular complexity index is 3030. The molecular formula is C47H29N3OS. The van der Waals surface area contributed by atoms with Crippen molar-refractivity contribution in [3.63, 3.8) is 0 Å². The van der Waals surface area contributed by atoms with E-state index in [4.69, 9.17) is 14.4 Å². The molecule has 1 N–H and O–H groups in total. The Kier molecular flexibility index (Phi) is 6.45. The van der Waals surface area contributed by atoms with Gasteiger partial charge in [-0.1, -0.05) is 115 Å². The highest BCUT2D eigenvalue weighted by Crippen LogP contribution is 2.42. The Labute approximate surface area is 303 Å². The van der Waals surface area contributed by atoms with Crippen molar-refractivity contribution in [1.82, 2.24) is 5.32 Å². The van der Waals surface area contributed by atoms with E-state index in [2.05, 4.69) is 157 Å². The van der Waals surface area contributed by atoms with Gasteiger partial charge in [0.1, 0.15) is 22.8 Å². The first-order valence-corrected chi connectivity index (χ1v) is 18.3. The normalized spacial score (nSPS) is 13.7. The van der Waals surface area contributed by atoms with Crippen molar-refractivity contribution in [3.8, 4) is 11.1 Å². The molecule has 0 spiro atoms. The van der Waals surface area contributed by atoms with Crippen LogP contribution in [0.1, 0.15) is 22.9 Å². The van der Waals surface area contributed by atoms with Crippen LogP contribution < -0.4 is 5.32 Å². The third-order valence-corrected chi connectivity index (χ3v) is 11.4. The first-order valence-electron chi connectivity index (χ1n) is 17.5. The molecule has 0 saturated heterocycles. The zero-order chi connectivity index (χ0) is 34.2. The Hall–Kier alpha value is -6.56. The standard InChI is InChI=1S/C47H29N3OS/c1-3-11-30-23-33(19-17-28(30)9-1)45-48-46(34-20-18-29-10-2-4-12-31(29)24-34)50-47(49-45)39-26-35(27-41-44(39)37-14-5-7-15-40(37)51-41)32-21-22-43-38(25-32)36-13-6-8-16-42(36)52-43/h1-27,47H,(H,48,49,50). The predicted molar refractivity (Wildman–Crippen MR) is 219 cm³/mol. The summed E-state index contributed by atoms with van der Waals surface area (Å²) in [6, 6.07) is 58.1. The third-order valence-electron chi connectivity index (χ3n) is 10.3. The van der Waals surface area contributed by atoms with E-state index < -0.39 is 6.17 Å². The molecule has 8 aromatic carbocycles. The molecular weight excluding hydrogens is 655 g/mol. The van der Waals surface area contributed by atoms with Crippen molar-refractivity contribution < 1.29 is 4.42 Å². The van der Waals surface area contributed by atoms with Crippen molar-refractivity contribution in [3.05, 3.63) is 180 Å². The van der Waals surface area contributed by atoms with Gasteiger partial charge in [0.2, 0.25) is 0 Å². The number of hydrogen-bond donors (Lipinski definition) is 1. The monoisotopic (exact) mass is 683 g/mol. The summed E-state index contributed by atoms with van der Waals surface area (Å²) in [5.74, 6) is 1.57. The molecule has 3 heterocycles. The number of nitrogens with one attached hydrogen (secondary N) is 1. The van der Waals surface area contributed by atoms with Crippen molar-refractivity contribution in [2.45, 2.75) is 6.17 Å². The lowest BCUT2D eigenvalue weighted by Gasteiger charge is -2.23. The minimum absolute atomic E-state index is 0.529. The molecule has 1 aliphatic rings. The van der Waals surface area contributed by atoms with Gasteiger partial charge in [0.15, 0.2) is 6.17 Å². The maximum atomic E-state index is 6.60. The highest BCUT2D eigenvalue weighted by molar-refractivity contribution is 7.25. The van der Waals surface area contributed by atoms with Crippen LogP contribution in [-0.2, 0) is 0 Å². The molecule has 4 nitrogen and oxygen atoms in total. The molecule has 2 aromatic heterocycles. The average Bonchev–Trinajstić information content (AvgIpc) is 3.78. The number of nitrogens with zero attached hydrogens (tertiary/aromatic N) is 2. The SMILES string of the molecule is c1ccc2cc(C3=NC(c4cc(-c5ccc6sc7ccccc7c6c5)cc5oc6ccccc6c45)N=C(c4ccc5ccccc5c4)N3)ccc2c1. The molecule has 10 aromatic rings. The second-order valence-corrected chi connectivity index (χ2v) is 14.5. The summed E-state index contributed by atoms with van der Waals surface area (Å²) in [5, 5.41) is 13.0. The highest BCUT2D eigenvalue weighted by Gasteiger charge is 2.25. The van der Waals surface area contributed by atoms with E-state index >= 15 is 0 Å². The Morgan fingerprint density at radius 2 is 1.04 bits per heavy atom. The van der Waals surface area contributed by atoms with Gasteiger partial charge in [-0.15, -0.1) is 11.3 Å². The van der Waals surface area contributed by atoms with Crippen LogP contribution in [0.3, 0.4) is 0 Å². The van der Waals surface area contributed by atoms with Crippen molar-refractivity contribution >= 4 is 86.7 Å². The Balaban J connectivity index is 1.15. The second kappa shape index (κ2) is 11.5. The van der Waals surface area contributed by atoms with Crippen LogP contribution in [0.15, 0.2) is 178 Å². The highest BCUT2D eigenvalue weighted by atomic mass is 32.1. The number of amidine groups is 2. The van der Waals surface area contributed by atoms with Gasteiger partial charge in [0, 0.05) is 47.6 Å². The topological polar surface area (TPSA) is 49.9 Å². The maximum Gasteiger partial charge on any atom is 0.170 e. The third kappa shape index (κ3) is 4.74. The molecule has 0 radical (unpaired) electrons. The molecule has 5 heteroatoms. The fraction of sp³-hybridized carbons (Fsp3) is 0.0213. The zero-order valence-electron chi connectivity index (χ0n) is 27.9. The van der Waals surface area contributed by atoms with Gasteiger partial charge in [-0.2, -0.15) is 0 Å². The van der Waals surface area contributed by atoms with Crippen molar-refractivity contribution in [1.29, 1.82) is 0 Å².